The molecule has 64 valence electrons. The smallest absolute Gasteiger partial charge is 0.0487 e. The first-order valence-electron chi connectivity index (χ1n) is 4.21. The average Bonchev–Trinajstić information content (AvgIpc) is 2.42. The Morgan fingerprint density at radius 3 is 2.55 bits per heavy atom. The van der Waals surface area contributed by atoms with Crippen LogP contribution in [0.1, 0.15) is 27.2 Å². The summed E-state index contributed by atoms with van der Waals surface area (Å²) in [7, 11) is 0. The Hall–Kier alpha value is -0.760. The predicted octanol–water partition coefficient (Wildman–Crippen LogP) is 1.97. The van der Waals surface area contributed by atoms with Crippen molar-refractivity contribution in [3.63, 3.8) is 0 Å². The summed E-state index contributed by atoms with van der Waals surface area (Å²) < 4.78 is 0. The molecule has 2 heteroatoms. The lowest BCUT2D eigenvalue weighted by Crippen LogP contribution is -2.20. The van der Waals surface area contributed by atoms with Crippen molar-refractivity contribution in [2.45, 2.75) is 27.2 Å². The van der Waals surface area contributed by atoms with Gasteiger partial charge in [-0.05, 0) is 12.0 Å². The molecule has 1 rings (SSSR count). The topological polar surface area (TPSA) is 24.1 Å². The molecule has 0 amide bonds. The number of allylic oxidation sites excluding steroid dienone is 1. The Morgan fingerprint density at radius 1 is 1.55 bits per heavy atom. The van der Waals surface area contributed by atoms with E-state index >= 15 is 0 Å². The SMILES string of the molecule is C=C1CNN/C1=C/CC.CC. The molecule has 1 aliphatic heterocycles. The van der Waals surface area contributed by atoms with Crippen LogP contribution in [0, 0.1) is 0 Å². The van der Waals surface area contributed by atoms with Crippen molar-refractivity contribution in [1.82, 2.24) is 10.9 Å². The van der Waals surface area contributed by atoms with E-state index in [1.807, 2.05) is 13.8 Å². The summed E-state index contributed by atoms with van der Waals surface area (Å²) in [6, 6.07) is 0. The van der Waals surface area contributed by atoms with Gasteiger partial charge in [-0.15, -0.1) is 0 Å². The summed E-state index contributed by atoms with van der Waals surface area (Å²) in [6.45, 7) is 10.8. The molecule has 0 aliphatic carbocycles. The van der Waals surface area contributed by atoms with Gasteiger partial charge in [0.15, 0.2) is 0 Å². The molecule has 0 aromatic heterocycles. The highest BCUT2D eigenvalue weighted by molar-refractivity contribution is 5.30. The van der Waals surface area contributed by atoms with Gasteiger partial charge >= 0.3 is 0 Å². The number of nitrogens with one attached hydrogen (secondary N) is 2. The van der Waals surface area contributed by atoms with Crippen LogP contribution in [0.5, 0.6) is 0 Å². The zero-order valence-corrected chi connectivity index (χ0v) is 7.70. The van der Waals surface area contributed by atoms with Crippen molar-refractivity contribution in [2.75, 3.05) is 6.54 Å². The molecule has 0 aromatic rings. The largest absolute Gasteiger partial charge is 0.321 e. The second kappa shape index (κ2) is 5.98. The van der Waals surface area contributed by atoms with Gasteiger partial charge in [-0.2, -0.15) is 0 Å². The van der Waals surface area contributed by atoms with E-state index in [0.717, 1.165) is 24.2 Å². The van der Waals surface area contributed by atoms with Gasteiger partial charge in [-0.1, -0.05) is 33.4 Å². The minimum atomic E-state index is 0.867. The van der Waals surface area contributed by atoms with Gasteiger partial charge in [-0.3, -0.25) is 0 Å². The fourth-order valence-electron chi connectivity index (χ4n) is 0.829. The Bertz CT molecular complexity index is 148. The molecule has 1 aliphatic rings. The maximum Gasteiger partial charge on any atom is 0.0487 e. The van der Waals surface area contributed by atoms with Gasteiger partial charge in [0.2, 0.25) is 0 Å². The maximum absolute atomic E-state index is 3.86. The third-order valence-corrected chi connectivity index (χ3v) is 1.31. The van der Waals surface area contributed by atoms with Gasteiger partial charge < -0.3 is 5.43 Å². The zero-order chi connectivity index (χ0) is 8.69. The Labute approximate surface area is 69.3 Å². The van der Waals surface area contributed by atoms with E-state index < -0.39 is 0 Å². The third-order valence-electron chi connectivity index (χ3n) is 1.31. The van der Waals surface area contributed by atoms with Gasteiger partial charge in [0.05, 0.1) is 0 Å². The van der Waals surface area contributed by atoms with Crippen LogP contribution in [0.3, 0.4) is 0 Å². The van der Waals surface area contributed by atoms with Crippen LogP contribution in [0.2, 0.25) is 0 Å². The molecule has 0 radical (unpaired) electrons. The molecule has 2 nitrogen and oxygen atoms in total. The highest BCUT2D eigenvalue weighted by Crippen LogP contribution is 2.07. The molecule has 1 fully saturated rings. The lowest BCUT2D eigenvalue weighted by atomic mass is 10.2. The van der Waals surface area contributed by atoms with Crippen molar-refractivity contribution in [1.29, 1.82) is 0 Å². The summed E-state index contributed by atoms with van der Waals surface area (Å²) in [5.41, 5.74) is 8.31. The molecule has 0 aromatic carbocycles. The monoisotopic (exact) mass is 154 g/mol. The maximum atomic E-state index is 3.86. The highest BCUT2D eigenvalue weighted by atomic mass is 15.4. The van der Waals surface area contributed by atoms with E-state index in [-0.39, 0.29) is 0 Å². The summed E-state index contributed by atoms with van der Waals surface area (Å²) in [5, 5.41) is 0. The minimum Gasteiger partial charge on any atom is -0.321 e. The van der Waals surface area contributed by atoms with Crippen LogP contribution < -0.4 is 10.9 Å². The Morgan fingerprint density at radius 2 is 2.18 bits per heavy atom. The van der Waals surface area contributed by atoms with E-state index in [1.165, 1.54) is 0 Å². The molecule has 0 bridgehead atoms. The lowest BCUT2D eigenvalue weighted by Gasteiger charge is -1.95. The van der Waals surface area contributed by atoms with Crippen LogP contribution in [0.4, 0.5) is 0 Å². The van der Waals surface area contributed by atoms with Crippen molar-refractivity contribution < 1.29 is 0 Å². The summed E-state index contributed by atoms with van der Waals surface area (Å²) in [5.74, 6) is 0. The number of hydrogen-bond donors (Lipinski definition) is 2. The van der Waals surface area contributed by atoms with E-state index in [0.29, 0.717) is 0 Å². The van der Waals surface area contributed by atoms with Crippen molar-refractivity contribution in [3.05, 3.63) is 23.9 Å². The minimum absolute atomic E-state index is 0.867. The highest BCUT2D eigenvalue weighted by Gasteiger charge is 2.06. The standard InChI is InChI=1S/C7H12N2.C2H6/c1-3-4-7-6(2)5-8-9-7;1-2/h4,8-9H,2-3,5H2,1H3;1-2H3/b7-4+;. The molecule has 0 unspecified atom stereocenters. The van der Waals surface area contributed by atoms with Gasteiger partial charge in [0.25, 0.3) is 0 Å². The van der Waals surface area contributed by atoms with Crippen LogP contribution in [0.15, 0.2) is 23.9 Å². The molecular weight excluding hydrogens is 136 g/mol. The third kappa shape index (κ3) is 3.23. The van der Waals surface area contributed by atoms with Crippen molar-refractivity contribution in [2.24, 2.45) is 0 Å². The number of rotatable bonds is 1. The normalized spacial score (nSPS) is 19.2. The molecule has 0 saturated carbocycles. The predicted molar refractivity (Wildman–Crippen MR) is 50.0 cm³/mol. The summed E-state index contributed by atoms with van der Waals surface area (Å²) in [6.07, 6.45) is 3.19. The molecule has 0 atom stereocenters. The van der Waals surface area contributed by atoms with E-state index in [9.17, 15) is 0 Å². The van der Waals surface area contributed by atoms with Crippen LogP contribution in [0.25, 0.3) is 0 Å². The van der Waals surface area contributed by atoms with Gasteiger partial charge in [0.1, 0.15) is 0 Å². The van der Waals surface area contributed by atoms with E-state index in [2.05, 4.69) is 30.4 Å². The molecule has 11 heavy (non-hydrogen) atoms. The molecule has 0 spiro atoms. The number of hydrazine groups is 1. The van der Waals surface area contributed by atoms with Crippen LogP contribution >= 0.6 is 0 Å². The lowest BCUT2D eigenvalue weighted by molar-refractivity contribution is 0.724. The Kier molecular flexibility index (Phi) is 5.57. The van der Waals surface area contributed by atoms with E-state index in [1.54, 1.807) is 0 Å². The fourth-order valence-corrected chi connectivity index (χ4v) is 0.829. The zero-order valence-electron chi connectivity index (χ0n) is 7.70. The summed E-state index contributed by atoms with van der Waals surface area (Å²) >= 11 is 0. The van der Waals surface area contributed by atoms with Gasteiger partial charge in [-0.25, -0.2) is 5.43 Å². The average molecular weight is 154 g/mol. The van der Waals surface area contributed by atoms with Crippen LogP contribution in [-0.2, 0) is 0 Å². The molecule has 1 heterocycles. The molecule has 2 N–H and O–H groups in total. The second-order valence-corrected chi connectivity index (χ2v) is 2.11. The van der Waals surface area contributed by atoms with E-state index in [4.69, 9.17) is 0 Å². The summed E-state index contributed by atoms with van der Waals surface area (Å²) in [4.78, 5) is 0. The first kappa shape index (κ1) is 10.2. The molecule has 1 saturated heterocycles. The first-order valence-corrected chi connectivity index (χ1v) is 4.21. The van der Waals surface area contributed by atoms with Crippen LogP contribution in [-0.4, -0.2) is 6.54 Å². The van der Waals surface area contributed by atoms with Crippen molar-refractivity contribution >= 4 is 0 Å². The van der Waals surface area contributed by atoms with Crippen molar-refractivity contribution in [3.8, 4) is 0 Å². The Balaban J connectivity index is 0.000000461. The quantitative estimate of drug-likeness (QED) is 0.603. The number of hydrogen-bond acceptors (Lipinski definition) is 2. The van der Waals surface area contributed by atoms with Gasteiger partial charge in [0, 0.05) is 12.2 Å². The first-order chi connectivity index (χ1) is 5.34. The molecular formula is C9H18N2. The fraction of sp³-hybridized carbons (Fsp3) is 0.556. The second-order valence-electron chi connectivity index (χ2n) is 2.11.